The fourth-order valence-electron chi connectivity index (χ4n) is 1.87. The summed E-state index contributed by atoms with van der Waals surface area (Å²) in [4.78, 5) is 4.53. The Kier molecular flexibility index (Phi) is 4.36. The Morgan fingerprint density at radius 2 is 1.67 bits per heavy atom. The van der Waals surface area contributed by atoms with E-state index in [1.165, 1.54) is 11.3 Å². The predicted molar refractivity (Wildman–Crippen MR) is 92.3 cm³/mol. The molecule has 0 radical (unpaired) electrons. The second kappa shape index (κ2) is 6.24. The van der Waals surface area contributed by atoms with Crippen LogP contribution in [-0.4, -0.2) is 4.98 Å². The molecule has 106 valence electrons. The van der Waals surface area contributed by atoms with E-state index in [0.717, 1.165) is 22.1 Å². The standard InChI is InChI=1S/C15H9Cl3N2S/c16-9-5-10(17)7-11(6-9)19-15-20-14(8-21-15)12-3-1-2-4-13(12)18/h1-8H,(H,19,20). The first-order valence-corrected chi connectivity index (χ1v) is 8.07. The van der Waals surface area contributed by atoms with Crippen LogP contribution in [0.1, 0.15) is 0 Å². The molecule has 21 heavy (non-hydrogen) atoms. The van der Waals surface area contributed by atoms with Gasteiger partial charge >= 0.3 is 0 Å². The van der Waals surface area contributed by atoms with E-state index in [4.69, 9.17) is 34.8 Å². The maximum Gasteiger partial charge on any atom is 0.187 e. The Hall–Kier alpha value is -1.26. The highest BCUT2D eigenvalue weighted by atomic mass is 35.5. The van der Waals surface area contributed by atoms with Crippen LogP contribution in [0.5, 0.6) is 0 Å². The van der Waals surface area contributed by atoms with Gasteiger partial charge in [0.05, 0.1) is 5.69 Å². The zero-order chi connectivity index (χ0) is 14.8. The third-order valence-corrected chi connectivity index (χ3v) is 4.29. The molecule has 0 saturated carbocycles. The quantitative estimate of drug-likeness (QED) is 0.579. The summed E-state index contributed by atoms with van der Waals surface area (Å²) < 4.78 is 0. The molecule has 0 unspecified atom stereocenters. The number of aromatic nitrogens is 1. The molecule has 1 N–H and O–H groups in total. The van der Waals surface area contributed by atoms with Gasteiger partial charge in [0, 0.05) is 31.7 Å². The van der Waals surface area contributed by atoms with Crippen LogP contribution in [0.25, 0.3) is 11.3 Å². The molecule has 0 bridgehead atoms. The van der Waals surface area contributed by atoms with Gasteiger partial charge in [-0.25, -0.2) is 4.98 Å². The monoisotopic (exact) mass is 354 g/mol. The molecular formula is C15H9Cl3N2S. The first-order valence-electron chi connectivity index (χ1n) is 6.05. The Morgan fingerprint density at radius 3 is 2.38 bits per heavy atom. The minimum Gasteiger partial charge on any atom is -0.331 e. The maximum atomic E-state index is 6.18. The van der Waals surface area contributed by atoms with Crippen molar-refractivity contribution in [3.8, 4) is 11.3 Å². The summed E-state index contributed by atoms with van der Waals surface area (Å²) in [5, 5.41) is 7.73. The zero-order valence-corrected chi connectivity index (χ0v) is 13.7. The molecule has 3 aromatic rings. The predicted octanol–water partition coefficient (Wildman–Crippen LogP) is 6.51. The minimum absolute atomic E-state index is 0.577. The maximum absolute atomic E-state index is 6.18. The number of halogens is 3. The average molecular weight is 356 g/mol. The van der Waals surface area contributed by atoms with Crippen LogP contribution < -0.4 is 5.32 Å². The topological polar surface area (TPSA) is 24.9 Å². The van der Waals surface area contributed by atoms with Crippen LogP contribution in [0.3, 0.4) is 0 Å². The molecule has 6 heteroatoms. The number of benzene rings is 2. The van der Waals surface area contributed by atoms with Gasteiger partial charge in [-0.15, -0.1) is 11.3 Å². The van der Waals surface area contributed by atoms with Gasteiger partial charge < -0.3 is 5.32 Å². The lowest BCUT2D eigenvalue weighted by atomic mass is 10.2. The van der Waals surface area contributed by atoms with E-state index >= 15 is 0 Å². The molecule has 2 aromatic carbocycles. The molecule has 0 spiro atoms. The van der Waals surface area contributed by atoms with E-state index in [0.29, 0.717) is 15.1 Å². The van der Waals surface area contributed by atoms with Crippen molar-refractivity contribution < 1.29 is 0 Å². The van der Waals surface area contributed by atoms with Gasteiger partial charge in [0.2, 0.25) is 0 Å². The third-order valence-electron chi connectivity index (χ3n) is 2.77. The molecule has 0 saturated heterocycles. The molecule has 0 aliphatic rings. The van der Waals surface area contributed by atoms with Crippen LogP contribution in [0, 0.1) is 0 Å². The lowest BCUT2D eigenvalue weighted by molar-refractivity contribution is 1.38. The lowest BCUT2D eigenvalue weighted by Gasteiger charge is -2.04. The van der Waals surface area contributed by atoms with Crippen LogP contribution in [0.2, 0.25) is 15.1 Å². The summed E-state index contributed by atoms with van der Waals surface area (Å²) in [5.41, 5.74) is 2.54. The van der Waals surface area contributed by atoms with Crippen molar-refractivity contribution in [3.05, 3.63) is 62.9 Å². The lowest BCUT2D eigenvalue weighted by Crippen LogP contribution is -1.89. The number of anilines is 2. The second-order valence-corrected chi connectivity index (χ2v) is 6.44. The average Bonchev–Trinajstić information content (AvgIpc) is 2.86. The first kappa shape index (κ1) is 14.7. The van der Waals surface area contributed by atoms with Crippen molar-refractivity contribution in [3.63, 3.8) is 0 Å². The highest BCUT2D eigenvalue weighted by molar-refractivity contribution is 7.14. The van der Waals surface area contributed by atoms with Crippen molar-refractivity contribution in [1.82, 2.24) is 4.98 Å². The molecule has 2 nitrogen and oxygen atoms in total. The van der Waals surface area contributed by atoms with Gasteiger partial charge in [-0.05, 0) is 24.3 Å². The van der Waals surface area contributed by atoms with Gasteiger partial charge in [-0.1, -0.05) is 53.0 Å². The van der Waals surface area contributed by atoms with E-state index in [9.17, 15) is 0 Å². The summed E-state index contributed by atoms with van der Waals surface area (Å²) in [7, 11) is 0. The summed E-state index contributed by atoms with van der Waals surface area (Å²) >= 11 is 19.6. The van der Waals surface area contributed by atoms with Crippen molar-refractivity contribution in [2.45, 2.75) is 0 Å². The second-order valence-electron chi connectivity index (χ2n) is 4.30. The Labute approximate surface area is 141 Å². The number of hydrogen-bond acceptors (Lipinski definition) is 3. The van der Waals surface area contributed by atoms with Crippen LogP contribution in [-0.2, 0) is 0 Å². The number of rotatable bonds is 3. The fourth-order valence-corrected chi connectivity index (χ4v) is 3.36. The van der Waals surface area contributed by atoms with E-state index < -0.39 is 0 Å². The van der Waals surface area contributed by atoms with E-state index in [2.05, 4.69) is 10.3 Å². The normalized spacial score (nSPS) is 10.6. The van der Waals surface area contributed by atoms with Crippen molar-refractivity contribution in [2.75, 3.05) is 5.32 Å². The molecular weight excluding hydrogens is 347 g/mol. The SMILES string of the molecule is Clc1cc(Cl)cc(Nc2nc(-c3ccccc3Cl)cs2)c1. The first-order chi connectivity index (χ1) is 10.1. The van der Waals surface area contributed by atoms with Gasteiger partial charge in [0.25, 0.3) is 0 Å². The van der Waals surface area contributed by atoms with Gasteiger partial charge in [0.15, 0.2) is 5.13 Å². The number of nitrogens with one attached hydrogen (secondary N) is 1. The summed E-state index contributed by atoms with van der Waals surface area (Å²) in [6.45, 7) is 0. The molecule has 0 amide bonds. The van der Waals surface area contributed by atoms with Gasteiger partial charge in [-0.2, -0.15) is 0 Å². The number of nitrogens with zero attached hydrogens (tertiary/aromatic N) is 1. The fraction of sp³-hybridized carbons (Fsp3) is 0. The molecule has 1 heterocycles. The molecule has 0 fully saturated rings. The van der Waals surface area contributed by atoms with Gasteiger partial charge in [-0.3, -0.25) is 0 Å². The van der Waals surface area contributed by atoms with E-state index in [1.54, 1.807) is 18.2 Å². The van der Waals surface area contributed by atoms with E-state index in [-0.39, 0.29) is 0 Å². The number of thiazole rings is 1. The van der Waals surface area contributed by atoms with E-state index in [1.807, 2.05) is 29.6 Å². The highest BCUT2D eigenvalue weighted by Gasteiger charge is 2.08. The van der Waals surface area contributed by atoms with Gasteiger partial charge in [0.1, 0.15) is 0 Å². The van der Waals surface area contributed by atoms with Crippen molar-refractivity contribution in [2.24, 2.45) is 0 Å². The Morgan fingerprint density at radius 1 is 0.952 bits per heavy atom. The molecule has 3 rings (SSSR count). The number of hydrogen-bond donors (Lipinski definition) is 1. The summed E-state index contributed by atoms with van der Waals surface area (Å²) in [6.07, 6.45) is 0. The molecule has 1 aromatic heterocycles. The molecule has 0 atom stereocenters. The highest BCUT2D eigenvalue weighted by Crippen LogP contribution is 2.32. The molecule has 0 aliphatic heterocycles. The minimum atomic E-state index is 0.577. The Balaban J connectivity index is 1.87. The summed E-state index contributed by atoms with van der Waals surface area (Å²) in [5.74, 6) is 0. The summed E-state index contributed by atoms with van der Waals surface area (Å²) in [6, 6.07) is 12.9. The van der Waals surface area contributed by atoms with Crippen molar-refractivity contribution >= 4 is 57.0 Å². The zero-order valence-electron chi connectivity index (χ0n) is 10.6. The third kappa shape index (κ3) is 3.50. The van der Waals surface area contributed by atoms with Crippen molar-refractivity contribution in [1.29, 1.82) is 0 Å². The van der Waals surface area contributed by atoms with Crippen LogP contribution >= 0.6 is 46.1 Å². The largest absolute Gasteiger partial charge is 0.331 e. The molecule has 0 aliphatic carbocycles. The van der Waals surface area contributed by atoms with Crippen LogP contribution in [0.15, 0.2) is 47.8 Å². The Bertz CT molecular complexity index is 766. The van der Waals surface area contributed by atoms with Crippen LogP contribution in [0.4, 0.5) is 10.8 Å². The smallest absolute Gasteiger partial charge is 0.187 e.